The quantitative estimate of drug-likeness (QED) is 0.182. The van der Waals surface area contributed by atoms with Crippen LogP contribution < -0.4 is 9.64 Å². The Kier molecular flexibility index (Phi) is 4.95. The number of benzene rings is 3. The summed E-state index contributed by atoms with van der Waals surface area (Å²) in [5.74, 6) is -3.89. The number of aryl methyl sites for hydroxylation is 1. The van der Waals surface area contributed by atoms with Crippen molar-refractivity contribution in [3.05, 3.63) is 99.9 Å². The number of imide groups is 1. The molecule has 0 radical (unpaired) electrons. The molecule has 0 N–H and O–H groups in total. The van der Waals surface area contributed by atoms with Gasteiger partial charge in [0, 0.05) is 16.4 Å². The minimum absolute atomic E-state index is 0.355. The summed E-state index contributed by atoms with van der Waals surface area (Å²) >= 11 is 1.37. The largest absolute Gasteiger partial charge is 0.425 e. The van der Waals surface area contributed by atoms with Crippen molar-refractivity contribution in [1.29, 1.82) is 5.26 Å². The van der Waals surface area contributed by atoms with Crippen LogP contribution >= 0.6 is 11.3 Å². The van der Waals surface area contributed by atoms with E-state index in [1.54, 1.807) is 6.07 Å². The molecule has 3 aromatic carbocycles. The normalized spacial score (nSPS) is 24.6. The smallest absolute Gasteiger partial charge is 0.319 e. The molecule has 1 aromatic heterocycles. The fraction of sp³-hybridized carbons (Fsp3) is 0.212. The van der Waals surface area contributed by atoms with E-state index in [2.05, 4.69) is 6.07 Å². The van der Waals surface area contributed by atoms with Gasteiger partial charge in [-0.2, -0.15) is 5.26 Å². The van der Waals surface area contributed by atoms with Crippen LogP contribution in [-0.4, -0.2) is 17.8 Å². The van der Waals surface area contributed by atoms with E-state index < -0.39 is 35.5 Å². The number of allylic oxidation sites excluding steroid dienone is 1. The number of thiophene rings is 1. The zero-order valence-electron chi connectivity index (χ0n) is 21.3. The van der Waals surface area contributed by atoms with Gasteiger partial charge in [0.2, 0.25) is 11.8 Å². The van der Waals surface area contributed by atoms with Crippen LogP contribution in [0.25, 0.3) is 16.3 Å². The van der Waals surface area contributed by atoms with Gasteiger partial charge in [-0.25, -0.2) is 4.90 Å². The Labute approximate surface area is 234 Å². The number of nitrogens with zero attached hydrogens (tertiary/aromatic N) is 2. The Morgan fingerprint density at radius 2 is 1.68 bits per heavy atom. The minimum atomic E-state index is -0.930. The predicted octanol–water partition coefficient (Wildman–Crippen LogP) is 5.78. The Morgan fingerprint density at radius 1 is 0.900 bits per heavy atom. The number of rotatable bonds is 2. The maximum Gasteiger partial charge on any atom is 0.319 e. The van der Waals surface area contributed by atoms with Crippen molar-refractivity contribution >= 4 is 50.5 Å². The molecular formula is C33H22N2O4S. The van der Waals surface area contributed by atoms with Crippen molar-refractivity contribution in [2.45, 2.75) is 25.2 Å². The Morgan fingerprint density at radius 3 is 2.50 bits per heavy atom. The third-order valence-electron chi connectivity index (χ3n) is 8.88. The number of carbonyl (C=O) groups is 3. The number of ether oxygens (including phenoxy) is 1. The summed E-state index contributed by atoms with van der Waals surface area (Å²) in [5.41, 5.74) is 3.81. The molecule has 0 saturated carbocycles. The highest BCUT2D eigenvalue weighted by Crippen LogP contribution is 2.56. The van der Waals surface area contributed by atoms with Crippen molar-refractivity contribution in [3.8, 4) is 11.8 Å². The van der Waals surface area contributed by atoms with Crippen molar-refractivity contribution in [2.24, 2.45) is 17.8 Å². The molecule has 2 amide bonds. The summed E-state index contributed by atoms with van der Waals surface area (Å²) in [7, 11) is 0. The fourth-order valence-electron chi connectivity index (χ4n) is 7.20. The second-order valence-electron chi connectivity index (χ2n) is 10.8. The molecule has 1 fully saturated rings. The van der Waals surface area contributed by atoms with E-state index in [0.717, 1.165) is 57.2 Å². The number of fused-ring (bicyclic) bond motifs is 8. The fourth-order valence-corrected chi connectivity index (χ4v) is 8.54. The summed E-state index contributed by atoms with van der Waals surface area (Å²) in [6.45, 7) is 0. The molecule has 4 aromatic rings. The third-order valence-corrected chi connectivity index (χ3v) is 10.2. The molecule has 7 heteroatoms. The summed E-state index contributed by atoms with van der Waals surface area (Å²) < 4.78 is 5.87. The van der Waals surface area contributed by atoms with E-state index in [-0.39, 0.29) is 5.91 Å². The van der Waals surface area contributed by atoms with Crippen LogP contribution in [0.2, 0.25) is 0 Å². The van der Waals surface area contributed by atoms with E-state index in [4.69, 9.17) is 4.74 Å². The number of hydrogen-bond donors (Lipinski definition) is 0. The first kappa shape index (κ1) is 23.4. The van der Waals surface area contributed by atoms with Crippen molar-refractivity contribution in [2.75, 3.05) is 4.90 Å². The standard InChI is InChI=1S/C33H22N2O4S/c34-16-23-20-11-6-12-25(20)40-32(23)35-30(36)27-21(17-7-2-1-3-8-17)15-22-26-19-10-5-4-9-18(19)13-14-24(26)39-33(38)28(22)29(27)31(35)37/h1-5,7-10,13-15,21,27-29H,6,11-12H2/t21-,27-,28+,29-/m0/s1. The molecule has 4 aliphatic rings. The van der Waals surface area contributed by atoms with Gasteiger partial charge >= 0.3 is 5.97 Å². The average molecular weight is 543 g/mol. The van der Waals surface area contributed by atoms with E-state index in [9.17, 15) is 19.6 Å². The number of nitriles is 1. The van der Waals surface area contributed by atoms with Gasteiger partial charge in [-0.15, -0.1) is 11.3 Å². The lowest BCUT2D eigenvalue weighted by Crippen LogP contribution is -2.42. The second kappa shape index (κ2) is 8.48. The number of esters is 1. The van der Waals surface area contributed by atoms with E-state index >= 15 is 0 Å². The van der Waals surface area contributed by atoms with Gasteiger partial charge in [-0.1, -0.05) is 66.7 Å². The zero-order chi connectivity index (χ0) is 27.1. The predicted molar refractivity (Wildman–Crippen MR) is 151 cm³/mol. The lowest BCUT2D eigenvalue weighted by atomic mass is 9.64. The van der Waals surface area contributed by atoms with Gasteiger partial charge in [-0.3, -0.25) is 14.4 Å². The van der Waals surface area contributed by atoms with E-state index in [1.165, 1.54) is 16.2 Å². The van der Waals surface area contributed by atoms with E-state index in [1.807, 2.05) is 66.7 Å². The number of carbonyl (C=O) groups excluding carboxylic acids is 3. The first-order chi connectivity index (χ1) is 19.6. The Bertz CT molecular complexity index is 1860. The number of amides is 2. The summed E-state index contributed by atoms with van der Waals surface area (Å²) in [4.78, 5) is 44.6. The molecule has 0 spiro atoms. The van der Waals surface area contributed by atoms with Crippen molar-refractivity contribution in [1.82, 2.24) is 0 Å². The molecular weight excluding hydrogens is 520 g/mol. The molecule has 194 valence electrons. The van der Waals surface area contributed by atoms with Gasteiger partial charge in [-0.05, 0) is 52.8 Å². The summed E-state index contributed by atoms with van der Waals surface area (Å²) in [6, 6.07) is 23.6. The molecule has 3 heterocycles. The molecule has 8 rings (SSSR count). The molecule has 2 aliphatic heterocycles. The van der Waals surface area contributed by atoms with Gasteiger partial charge in [0.1, 0.15) is 16.8 Å². The summed E-state index contributed by atoms with van der Waals surface area (Å²) in [6.07, 6.45) is 4.60. The van der Waals surface area contributed by atoms with Crippen molar-refractivity contribution < 1.29 is 19.1 Å². The molecule has 2 aliphatic carbocycles. The Hall–Kier alpha value is -4.54. The third kappa shape index (κ3) is 3.05. The lowest BCUT2D eigenvalue weighted by Gasteiger charge is -2.38. The highest BCUT2D eigenvalue weighted by Gasteiger charge is 2.61. The first-order valence-corrected chi connectivity index (χ1v) is 14.3. The SMILES string of the molecule is N#Cc1c(N2C(=O)[C@@H]3[C@@H]4C(=O)Oc5ccc6ccccc6c5C4=C[C@@H](c4ccccc4)[C@@H]3C2=O)sc2c1CCC2. The number of anilines is 1. The molecule has 6 nitrogen and oxygen atoms in total. The molecule has 1 saturated heterocycles. The van der Waals surface area contributed by atoms with Crippen LogP contribution in [0.4, 0.5) is 5.00 Å². The molecule has 40 heavy (non-hydrogen) atoms. The maximum absolute atomic E-state index is 14.4. The van der Waals surface area contributed by atoms with Gasteiger partial charge in [0.15, 0.2) is 0 Å². The lowest BCUT2D eigenvalue weighted by molar-refractivity contribution is -0.142. The van der Waals surface area contributed by atoms with Crippen molar-refractivity contribution in [3.63, 3.8) is 0 Å². The minimum Gasteiger partial charge on any atom is -0.425 e. The monoisotopic (exact) mass is 542 g/mol. The van der Waals surface area contributed by atoms with Gasteiger partial charge < -0.3 is 4.74 Å². The molecule has 0 unspecified atom stereocenters. The Balaban J connectivity index is 1.36. The van der Waals surface area contributed by atoms with Crippen LogP contribution in [0, 0.1) is 29.1 Å². The maximum atomic E-state index is 14.4. The van der Waals surface area contributed by atoms with Crippen LogP contribution in [0.1, 0.15) is 39.5 Å². The van der Waals surface area contributed by atoms with Crippen LogP contribution in [-0.2, 0) is 27.2 Å². The van der Waals surface area contributed by atoms with Crippen LogP contribution in [0.5, 0.6) is 5.75 Å². The van der Waals surface area contributed by atoms with Gasteiger partial charge in [0.25, 0.3) is 0 Å². The molecule has 0 bridgehead atoms. The van der Waals surface area contributed by atoms with Crippen LogP contribution in [0.15, 0.2) is 72.8 Å². The topological polar surface area (TPSA) is 87.5 Å². The highest BCUT2D eigenvalue weighted by molar-refractivity contribution is 7.17. The molecule has 4 atom stereocenters. The second-order valence-corrected chi connectivity index (χ2v) is 11.9. The van der Waals surface area contributed by atoms with Crippen LogP contribution in [0.3, 0.4) is 0 Å². The number of hydrogen-bond acceptors (Lipinski definition) is 6. The average Bonchev–Trinajstić information content (AvgIpc) is 3.64. The zero-order valence-corrected chi connectivity index (χ0v) is 22.1. The first-order valence-electron chi connectivity index (χ1n) is 13.5. The summed E-state index contributed by atoms with van der Waals surface area (Å²) in [5, 5.41) is 12.4. The van der Waals surface area contributed by atoms with E-state index in [0.29, 0.717) is 16.3 Å². The highest BCUT2D eigenvalue weighted by atomic mass is 32.1. The van der Waals surface area contributed by atoms with Gasteiger partial charge in [0.05, 0.1) is 23.3 Å².